The Balaban J connectivity index is 1.34. The van der Waals surface area contributed by atoms with Crippen LogP contribution in [0.4, 0.5) is 0 Å². The summed E-state index contributed by atoms with van der Waals surface area (Å²) < 4.78 is 18.4. The Labute approximate surface area is 170 Å². The van der Waals surface area contributed by atoms with Crippen LogP contribution in [0.25, 0.3) is 33.7 Å². The minimum absolute atomic E-state index is 0.0566. The average molecular weight is 403 g/mol. The van der Waals surface area contributed by atoms with Crippen LogP contribution in [0.5, 0.6) is 11.5 Å². The van der Waals surface area contributed by atoms with Gasteiger partial charge in [0.1, 0.15) is 0 Å². The Kier molecular flexibility index (Phi) is 3.61. The first-order chi connectivity index (χ1) is 14.7. The molecule has 0 saturated carbocycles. The van der Waals surface area contributed by atoms with Crippen LogP contribution in [0.1, 0.15) is 24.5 Å². The molecule has 1 atom stereocenters. The summed E-state index contributed by atoms with van der Waals surface area (Å²) in [5.74, 6) is 1.56. The van der Waals surface area contributed by atoms with Gasteiger partial charge in [-0.2, -0.15) is 4.98 Å². The molecule has 2 aliphatic rings. The number of hydrogen-bond donors (Lipinski definition) is 1. The van der Waals surface area contributed by atoms with Gasteiger partial charge < -0.3 is 23.7 Å². The van der Waals surface area contributed by atoms with Gasteiger partial charge in [0, 0.05) is 40.2 Å². The molecule has 1 N–H and O–H groups in total. The van der Waals surface area contributed by atoms with E-state index in [4.69, 9.17) is 19.1 Å². The number of nitrogens with zero attached hydrogens (tertiary/aromatic N) is 3. The summed E-state index contributed by atoms with van der Waals surface area (Å²) in [6, 6.07) is 13.6. The second kappa shape index (κ2) is 6.35. The Bertz CT molecular complexity index is 1310. The third-order valence-corrected chi connectivity index (χ3v) is 5.78. The van der Waals surface area contributed by atoms with Crippen molar-refractivity contribution < 1.29 is 23.9 Å². The number of hydrogen-bond acceptors (Lipinski definition) is 6. The molecule has 0 saturated heterocycles. The van der Waals surface area contributed by atoms with Crippen molar-refractivity contribution in [1.29, 1.82) is 0 Å². The fourth-order valence-electron chi connectivity index (χ4n) is 4.36. The number of fused-ring (bicyclic) bond motifs is 4. The van der Waals surface area contributed by atoms with E-state index in [0.717, 1.165) is 40.7 Å². The predicted molar refractivity (Wildman–Crippen MR) is 106 cm³/mol. The number of ether oxygens (including phenoxy) is 2. The van der Waals surface area contributed by atoms with E-state index in [1.807, 2.05) is 36.4 Å². The van der Waals surface area contributed by atoms with E-state index in [1.165, 1.54) is 0 Å². The van der Waals surface area contributed by atoms with Gasteiger partial charge in [-0.1, -0.05) is 5.16 Å². The van der Waals surface area contributed by atoms with Crippen LogP contribution in [-0.2, 0) is 11.3 Å². The fourth-order valence-corrected chi connectivity index (χ4v) is 4.36. The van der Waals surface area contributed by atoms with E-state index in [0.29, 0.717) is 23.2 Å². The van der Waals surface area contributed by atoms with Crippen molar-refractivity contribution in [3.63, 3.8) is 0 Å². The highest BCUT2D eigenvalue weighted by atomic mass is 16.7. The molecule has 0 amide bonds. The van der Waals surface area contributed by atoms with Gasteiger partial charge in [-0.25, -0.2) is 0 Å². The van der Waals surface area contributed by atoms with Crippen LogP contribution in [-0.4, -0.2) is 32.6 Å². The Hall–Kier alpha value is -3.81. The highest BCUT2D eigenvalue weighted by Crippen LogP contribution is 2.38. The molecule has 2 aromatic heterocycles. The van der Waals surface area contributed by atoms with Crippen molar-refractivity contribution >= 4 is 16.9 Å². The zero-order valence-corrected chi connectivity index (χ0v) is 15.9. The Morgan fingerprint density at radius 3 is 2.87 bits per heavy atom. The standard InChI is InChI=1S/C22H17N3O5/c26-20(27)10-12-5-6-25-16-3-1-13(7-15(16)8-17(12)25)21-23-22(30-24-21)14-2-4-18-19(9-14)29-11-28-18/h1-4,7-9,12H,5-6,10-11H2,(H,26,27). The van der Waals surface area contributed by atoms with Gasteiger partial charge in [0.2, 0.25) is 12.6 Å². The summed E-state index contributed by atoms with van der Waals surface area (Å²) in [5, 5.41) is 14.4. The van der Waals surface area contributed by atoms with Crippen molar-refractivity contribution in [2.75, 3.05) is 6.79 Å². The number of aliphatic carboxylic acids is 1. The summed E-state index contributed by atoms with van der Waals surface area (Å²) >= 11 is 0. The van der Waals surface area contributed by atoms with E-state index < -0.39 is 5.97 Å². The first-order valence-corrected chi connectivity index (χ1v) is 9.75. The van der Waals surface area contributed by atoms with Gasteiger partial charge in [0.05, 0.1) is 6.42 Å². The molecule has 0 bridgehead atoms. The van der Waals surface area contributed by atoms with Crippen molar-refractivity contribution in [2.45, 2.75) is 25.3 Å². The van der Waals surface area contributed by atoms with Crippen molar-refractivity contribution in [3.05, 3.63) is 48.2 Å². The molecule has 150 valence electrons. The van der Waals surface area contributed by atoms with Gasteiger partial charge in [0.15, 0.2) is 11.5 Å². The SMILES string of the molecule is O=C(O)CC1CCn2c1cc1cc(-c3noc(-c4ccc5c(c4)OCO5)n3)ccc12. The second-order valence-electron chi connectivity index (χ2n) is 7.57. The van der Waals surface area contributed by atoms with Gasteiger partial charge in [0.25, 0.3) is 5.89 Å². The molecule has 6 rings (SSSR count). The number of carboxylic acids is 1. The maximum Gasteiger partial charge on any atom is 0.304 e. The van der Waals surface area contributed by atoms with Crippen molar-refractivity contribution in [3.8, 4) is 34.3 Å². The lowest BCUT2D eigenvalue weighted by molar-refractivity contribution is -0.137. The molecule has 1 unspecified atom stereocenters. The highest BCUT2D eigenvalue weighted by Gasteiger charge is 2.27. The van der Waals surface area contributed by atoms with Crippen LogP contribution < -0.4 is 9.47 Å². The largest absolute Gasteiger partial charge is 0.481 e. The molecule has 0 fully saturated rings. The van der Waals surface area contributed by atoms with Crippen LogP contribution in [0.3, 0.4) is 0 Å². The number of carbonyl (C=O) groups is 1. The van der Waals surface area contributed by atoms with Crippen LogP contribution in [0, 0.1) is 0 Å². The zero-order chi connectivity index (χ0) is 20.2. The molecule has 2 aromatic carbocycles. The second-order valence-corrected chi connectivity index (χ2v) is 7.57. The molecule has 2 aliphatic heterocycles. The first-order valence-electron chi connectivity index (χ1n) is 9.75. The van der Waals surface area contributed by atoms with Gasteiger partial charge in [-0.05, 0) is 48.9 Å². The molecule has 0 aliphatic carbocycles. The fraction of sp³-hybridized carbons (Fsp3) is 0.227. The number of aromatic nitrogens is 3. The summed E-state index contributed by atoms with van der Waals surface area (Å²) in [5.41, 5.74) is 3.79. The normalized spacial score (nSPS) is 16.9. The molecular weight excluding hydrogens is 386 g/mol. The van der Waals surface area contributed by atoms with Crippen LogP contribution in [0.2, 0.25) is 0 Å². The van der Waals surface area contributed by atoms with Gasteiger partial charge >= 0.3 is 5.97 Å². The lowest BCUT2D eigenvalue weighted by Gasteiger charge is -2.04. The van der Waals surface area contributed by atoms with E-state index in [-0.39, 0.29) is 19.1 Å². The van der Waals surface area contributed by atoms with E-state index in [9.17, 15) is 4.79 Å². The van der Waals surface area contributed by atoms with Crippen molar-refractivity contribution in [2.24, 2.45) is 0 Å². The minimum Gasteiger partial charge on any atom is -0.481 e. The molecule has 0 spiro atoms. The maximum atomic E-state index is 11.2. The molecule has 0 radical (unpaired) electrons. The quantitative estimate of drug-likeness (QED) is 0.549. The van der Waals surface area contributed by atoms with E-state index >= 15 is 0 Å². The number of rotatable bonds is 4. The van der Waals surface area contributed by atoms with E-state index in [1.54, 1.807) is 0 Å². The van der Waals surface area contributed by atoms with E-state index in [2.05, 4.69) is 20.8 Å². The zero-order valence-electron chi connectivity index (χ0n) is 15.9. The highest BCUT2D eigenvalue weighted by molar-refractivity contribution is 5.86. The summed E-state index contributed by atoms with van der Waals surface area (Å²) in [6.45, 7) is 1.05. The number of aryl methyl sites for hydroxylation is 1. The third kappa shape index (κ3) is 2.64. The Morgan fingerprint density at radius 1 is 1.10 bits per heavy atom. The monoisotopic (exact) mass is 403 g/mol. The summed E-state index contributed by atoms with van der Waals surface area (Å²) in [6.07, 6.45) is 1.02. The van der Waals surface area contributed by atoms with Crippen LogP contribution in [0.15, 0.2) is 47.0 Å². The maximum absolute atomic E-state index is 11.2. The van der Waals surface area contributed by atoms with Crippen LogP contribution >= 0.6 is 0 Å². The topological polar surface area (TPSA) is 99.6 Å². The molecule has 8 heteroatoms. The molecule has 4 aromatic rings. The molecular formula is C22H17N3O5. The van der Waals surface area contributed by atoms with Gasteiger partial charge in [-0.15, -0.1) is 0 Å². The molecule has 4 heterocycles. The van der Waals surface area contributed by atoms with Gasteiger partial charge in [-0.3, -0.25) is 4.79 Å². The first kappa shape index (κ1) is 17.1. The number of benzene rings is 2. The predicted octanol–water partition coefficient (Wildman–Crippen LogP) is 4.05. The summed E-state index contributed by atoms with van der Waals surface area (Å²) in [7, 11) is 0. The minimum atomic E-state index is -0.762. The number of carboxylic acid groups (broad SMARTS) is 1. The van der Waals surface area contributed by atoms with Crippen molar-refractivity contribution in [1.82, 2.24) is 14.7 Å². The molecule has 8 nitrogen and oxygen atoms in total. The Morgan fingerprint density at radius 2 is 1.97 bits per heavy atom. The molecule has 30 heavy (non-hydrogen) atoms. The smallest absolute Gasteiger partial charge is 0.304 e. The summed E-state index contributed by atoms with van der Waals surface area (Å²) in [4.78, 5) is 15.7. The lowest BCUT2D eigenvalue weighted by atomic mass is 10.0. The third-order valence-electron chi connectivity index (χ3n) is 5.78. The lowest BCUT2D eigenvalue weighted by Crippen LogP contribution is -2.02. The average Bonchev–Trinajstić information content (AvgIpc) is 3.51.